The van der Waals surface area contributed by atoms with Crippen molar-refractivity contribution in [3.63, 3.8) is 0 Å². The highest BCUT2D eigenvalue weighted by Crippen LogP contribution is 2.37. The van der Waals surface area contributed by atoms with Crippen LogP contribution in [0.5, 0.6) is 5.75 Å². The fraction of sp³-hybridized carbons (Fsp3) is 0.462. The molecule has 0 aromatic heterocycles. The van der Waals surface area contributed by atoms with E-state index >= 15 is 0 Å². The molecule has 3 nitrogen and oxygen atoms in total. The molecule has 92 valence electrons. The predicted octanol–water partition coefficient (Wildman–Crippen LogP) is 3.43. The van der Waals surface area contributed by atoms with Crippen molar-refractivity contribution >= 4 is 17.7 Å². The Balaban J connectivity index is 2.24. The van der Waals surface area contributed by atoms with Crippen molar-refractivity contribution in [1.82, 2.24) is 0 Å². The molecule has 1 aromatic rings. The van der Waals surface area contributed by atoms with Gasteiger partial charge in [0.1, 0.15) is 5.75 Å². The first kappa shape index (κ1) is 12.3. The largest absolute Gasteiger partial charge is 0.497 e. The molecule has 0 saturated heterocycles. The number of carboxylic acids is 1. The Bertz CT molecular complexity index is 411. The van der Waals surface area contributed by atoms with Crippen molar-refractivity contribution < 1.29 is 14.6 Å². The third kappa shape index (κ3) is 2.94. The number of carboxylic acid groups (broad SMARTS) is 1. The van der Waals surface area contributed by atoms with E-state index in [0.29, 0.717) is 10.8 Å². The second-order valence-corrected chi connectivity index (χ2v) is 5.53. The third-order valence-corrected chi connectivity index (χ3v) is 4.41. The molecule has 0 heterocycles. The van der Waals surface area contributed by atoms with Gasteiger partial charge in [0.15, 0.2) is 0 Å². The van der Waals surface area contributed by atoms with E-state index in [-0.39, 0.29) is 0 Å². The highest BCUT2D eigenvalue weighted by Gasteiger charge is 2.20. The first-order chi connectivity index (χ1) is 8.20. The summed E-state index contributed by atoms with van der Waals surface area (Å²) in [5.41, 5.74) is 0.377. The highest BCUT2D eigenvalue weighted by molar-refractivity contribution is 8.00. The molecule has 0 aliphatic heterocycles. The molecule has 1 aliphatic carbocycles. The number of hydrogen-bond acceptors (Lipinski definition) is 3. The molecule has 1 N–H and O–H groups in total. The SMILES string of the molecule is COc1ccc(C(=O)O)c(SC2CCCC2)c1. The summed E-state index contributed by atoms with van der Waals surface area (Å²) < 4.78 is 5.15. The molecule has 17 heavy (non-hydrogen) atoms. The maximum absolute atomic E-state index is 11.1. The van der Waals surface area contributed by atoms with Crippen LogP contribution in [0.3, 0.4) is 0 Å². The zero-order valence-electron chi connectivity index (χ0n) is 9.81. The van der Waals surface area contributed by atoms with Crippen LogP contribution >= 0.6 is 11.8 Å². The number of thioether (sulfide) groups is 1. The van der Waals surface area contributed by atoms with Crippen molar-refractivity contribution in [3.8, 4) is 5.75 Å². The number of benzene rings is 1. The second-order valence-electron chi connectivity index (χ2n) is 4.19. The summed E-state index contributed by atoms with van der Waals surface area (Å²) in [5.74, 6) is -0.149. The third-order valence-electron chi connectivity index (χ3n) is 3.02. The smallest absolute Gasteiger partial charge is 0.336 e. The molecular weight excluding hydrogens is 236 g/mol. The molecule has 0 bridgehead atoms. The number of rotatable bonds is 4. The fourth-order valence-corrected chi connectivity index (χ4v) is 3.48. The van der Waals surface area contributed by atoms with Gasteiger partial charge in [0.05, 0.1) is 12.7 Å². The summed E-state index contributed by atoms with van der Waals surface area (Å²) in [6, 6.07) is 5.15. The zero-order valence-corrected chi connectivity index (χ0v) is 10.6. The van der Waals surface area contributed by atoms with Crippen molar-refractivity contribution in [2.75, 3.05) is 7.11 Å². The lowest BCUT2D eigenvalue weighted by Gasteiger charge is -2.12. The monoisotopic (exact) mass is 252 g/mol. The van der Waals surface area contributed by atoms with E-state index < -0.39 is 5.97 Å². The fourth-order valence-electron chi connectivity index (χ4n) is 2.09. The minimum absolute atomic E-state index is 0.377. The number of carbonyl (C=O) groups is 1. The standard InChI is InChI=1S/C13H16O3S/c1-16-9-6-7-11(13(14)15)12(8-9)17-10-4-2-3-5-10/h6-8,10H,2-5H2,1H3,(H,14,15). The summed E-state index contributed by atoms with van der Waals surface area (Å²) >= 11 is 1.67. The minimum atomic E-state index is -0.867. The molecular formula is C13H16O3S. The van der Waals surface area contributed by atoms with Gasteiger partial charge < -0.3 is 9.84 Å². The van der Waals surface area contributed by atoms with Crippen LogP contribution in [0.4, 0.5) is 0 Å². The van der Waals surface area contributed by atoms with Gasteiger partial charge in [-0.3, -0.25) is 0 Å². The lowest BCUT2D eigenvalue weighted by atomic mass is 10.2. The molecule has 1 fully saturated rings. The van der Waals surface area contributed by atoms with E-state index in [1.165, 1.54) is 25.7 Å². The Hall–Kier alpha value is -1.16. The van der Waals surface area contributed by atoms with Crippen LogP contribution in [0, 0.1) is 0 Å². The predicted molar refractivity (Wildman–Crippen MR) is 68.1 cm³/mol. The molecule has 1 aromatic carbocycles. The van der Waals surface area contributed by atoms with Crippen LogP contribution < -0.4 is 4.74 Å². The van der Waals surface area contributed by atoms with Crippen LogP contribution in [0.2, 0.25) is 0 Å². The van der Waals surface area contributed by atoms with Crippen LogP contribution in [0.25, 0.3) is 0 Å². The van der Waals surface area contributed by atoms with E-state index in [1.54, 1.807) is 31.0 Å². The average Bonchev–Trinajstić information content (AvgIpc) is 2.81. The topological polar surface area (TPSA) is 46.5 Å². The molecule has 0 spiro atoms. The Kier molecular flexibility index (Phi) is 3.94. The van der Waals surface area contributed by atoms with Gasteiger partial charge >= 0.3 is 5.97 Å². The average molecular weight is 252 g/mol. The van der Waals surface area contributed by atoms with Gasteiger partial charge in [0.25, 0.3) is 0 Å². The van der Waals surface area contributed by atoms with Gasteiger partial charge in [-0.2, -0.15) is 0 Å². The van der Waals surface area contributed by atoms with Gasteiger partial charge in [-0.1, -0.05) is 12.8 Å². The summed E-state index contributed by atoms with van der Waals surface area (Å²) in [6.07, 6.45) is 4.87. The van der Waals surface area contributed by atoms with Gasteiger partial charge in [-0.15, -0.1) is 11.8 Å². The Labute approximate surface area is 105 Å². The van der Waals surface area contributed by atoms with Gasteiger partial charge in [0.2, 0.25) is 0 Å². The maximum Gasteiger partial charge on any atom is 0.336 e. The minimum Gasteiger partial charge on any atom is -0.497 e. The molecule has 0 amide bonds. The summed E-state index contributed by atoms with van der Waals surface area (Å²) in [4.78, 5) is 12.0. The van der Waals surface area contributed by atoms with Crippen LogP contribution in [0.15, 0.2) is 23.1 Å². The highest BCUT2D eigenvalue weighted by atomic mass is 32.2. The molecule has 2 rings (SSSR count). The van der Waals surface area contributed by atoms with Gasteiger partial charge in [-0.05, 0) is 31.0 Å². The maximum atomic E-state index is 11.1. The van der Waals surface area contributed by atoms with Crippen LogP contribution in [0.1, 0.15) is 36.0 Å². The second kappa shape index (κ2) is 5.45. The lowest BCUT2D eigenvalue weighted by molar-refractivity contribution is 0.0693. The van der Waals surface area contributed by atoms with Gasteiger partial charge in [0, 0.05) is 10.1 Å². The van der Waals surface area contributed by atoms with Crippen LogP contribution in [-0.2, 0) is 0 Å². The Morgan fingerprint density at radius 3 is 2.71 bits per heavy atom. The van der Waals surface area contributed by atoms with Crippen molar-refractivity contribution in [3.05, 3.63) is 23.8 Å². The lowest BCUT2D eigenvalue weighted by Crippen LogP contribution is -2.02. The number of methoxy groups -OCH3 is 1. The van der Waals surface area contributed by atoms with E-state index in [2.05, 4.69) is 0 Å². The summed E-state index contributed by atoms with van der Waals surface area (Å²) in [7, 11) is 1.60. The van der Waals surface area contributed by atoms with Crippen LogP contribution in [-0.4, -0.2) is 23.4 Å². The molecule has 1 aliphatic rings. The molecule has 0 unspecified atom stereocenters. The molecule has 4 heteroatoms. The van der Waals surface area contributed by atoms with E-state index in [4.69, 9.17) is 9.84 Å². The normalized spacial score (nSPS) is 16.1. The van der Waals surface area contributed by atoms with E-state index in [9.17, 15) is 4.79 Å². The van der Waals surface area contributed by atoms with Crippen molar-refractivity contribution in [2.45, 2.75) is 35.8 Å². The van der Waals surface area contributed by atoms with Gasteiger partial charge in [-0.25, -0.2) is 4.79 Å². The van der Waals surface area contributed by atoms with E-state index in [1.807, 2.05) is 6.07 Å². The van der Waals surface area contributed by atoms with Crippen molar-refractivity contribution in [2.24, 2.45) is 0 Å². The molecule has 0 radical (unpaired) electrons. The molecule has 1 saturated carbocycles. The van der Waals surface area contributed by atoms with Crippen molar-refractivity contribution in [1.29, 1.82) is 0 Å². The number of ether oxygens (including phenoxy) is 1. The summed E-state index contributed by atoms with van der Waals surface area (Å²) in [6.45, 7) is 0. The zero-order chi connectivity index (χ0) is 12.3. The first-order valence-corrected chi connectivity index (χ1v) is 6.66. The summed E-state index contributed by atoms with van der Waals surface area (Å²) in [5, 5.41) is 9.70. The number of aromatic carboxylic acids is 1. The first-order valence-electron chi connectivity index (χ1n) is 5.78. The quantitative estimate of drug-likeness (QED) is 0.891. The molecule has 0 atom stereocenters. The van der Waals surface area contributed by atoms with E-state index in [0.717, 1.165) is 10.6 Å². The number of hydrogen-bond donors (Lipinski definition) is 1. The Morgan fingerprint density at radius 1 is 1.41 bits per heavy atom. The Morgan fingerprint density at radius 2 is 2.12 bits per heavy atom.